The van der Waals surface area contributed by atoms with Gasteiger partial charge < -0.3 is 19.7 Å². The van der Waals surface area contributed by atoms with Crippen LogP contribution in [0.2, 0.25) is 0 Å². The number of rotatable bonds is 6. The molecule has 1 aliphatic rings. The highest BCUT2D eigenvalue weighted by atomic mass is 16.5. The highest BCUT2D eigenvalue weighted by molar-refractivity contribution is 5.81. The van der Waals surface area contributed by atoms with Gasteiger partial charge in [-0.15, -0.1) is 0 Å². The first-order chi connectivity index (χ1) is 8.67. The molecule has 0 aromatic rings. The van der Waals surface area contributed by atoms with E-state index >= 15 is 0 Å². The number of esters is 1. The summed E-state index contributed by atoms with van der Waals surface area (Å²) in [4.78, 5) is 24.9. The van der Waals surface area contributed by atoms with Crippen molar-refractivity contribution in [2.45, 2.75) is 32.7 Å². The summed E-state index contributed by atoms with van der Waals surface area (Å²) in [7, 11) is 0. The topological polar surface area (TPSA) is 67.9 Å². The lowest BCUT2D eigenvalue weighted by atomic mass is 10.3. The van der Waals surface area contributed by atoms with Gasteiger partial charge in [0.2, 0.25) is 0 Å². The molecule has 1 heterocycles. The fraction of sp³-hybridized carbons (Fsp3) is 0.833. The minimum atomic E-state index is -0.372. The highest BCUT2D eigenvalue weighted by Crippen LogP contribution is 2.04. The Balaban J connectivity index is 2.43. The van der Waals surface area contributed by atoms with Crippen LogP contribution in [-0.4, -0.2) is 55.9 Å². The maximum Gasteiger partial charge on any atom is 0.325 e. The highest BCUT2D eigenvalue weighted by Gasteiger charge is 2.22. The van der Waals surface area contributed by atoms with E-state index in [4.69, 9.17) is 9.47 Å². The summed E-state index contributed by atoms with van der Waals surface area (Å²) in [5, 5.41) is 2.87. The monoisotopic (exact) mass is 258 g/mol. The number of nitrogens with zero attached hydrogens (tertiary/aromatic N) is 1. The van der Waals surface area contributed by atoms with Crippen LogP contribution < -0.4 is 5.32 Å². The largest absolute Gasteiger partial charge is 0.465 e. The summed E-state index contributed by atoms with van der Waals surface area (Å²) < 4.78 is 10.0. The van der Waals surface area contributed by atoms with Gasteiger partial charge in [0.15, 0.2) is 0 Å². The Labute approximate surface area is 108 Å². The van der Waals surface area contributed by atoms with Gasteiger partial charge in [-0.25, -0.2) is 4.79 Å². The van der Waals surface area contributed by atoms with Crippen molar-refractivity contribution in [3.05, 3.63) is 0 Å². The smallest absolute Gasteiger partial charge is 0.325 e. The number of carbonyl (C=O) groups excluding carboxylic acids is 2. The minimum Gasteiger partial charge on any atom is -0.465 e. The Hall–Kier alpha value is -1.30. The van der Waals surface area contributed by atoms with Crippen molar-refractivity contribution < 1.29 is 19.1 Å². The van der Waals surface area contributed by atoms with Crippen LogP contribution >= 0.6 is 0 Å². The van der Waals surface area contributed by atoms with Crippen molar-refractivity contribution >= 4 is 12.0 Å². The zero-order chi connectivity index (χ0) is 13.4. The van der Waals surface area contributed by atoms with Crippen LogP contribution in [0.1, 0.15) is 26.7 Å². The predicted octanol–water partition coefficient (Wildman–Crippen LogP) is 0.760. The molecule has 1 aliphatic heterocycles. The first-order valence-electron chi connectivity index (χ1n) is 6.46. The summed E-state index contributed by atoms with van der Waals surface area (Å²) in [6, 6.07) is -0.167. The molecule has 0 bridgehead atoms. The molecular formula is C12H22N2O4. The maximum atomic E-state index is 12.0. The maximum absolute atomic E-state index is 12.0. The molecule has 18 heavy (non-hydrogen) atoms. The van der Waals surface area contributed by atoms with Gasteiger partial charge in [0.05, 0.1) is 19.3 Å². The Bertz CT molecular complexity index is 277. The van der Waals surface area contributed by atoms with E-state index in [9.17, 15) is 9.59 Å². The van der Waals surface area contributed by atoms with Crippen LogP contribution in [0, 0.1) is 0 Å². The second-order valence-corrected chi connectivity index (χ2v) is 4.24. The molecule has 2 amide bonds. The van der Waals surface area contributed by atoms with Crippen molar-refractivity contribution in [3.63, 3.8) is 0 Å². The molecule has 0 saturated carbocycles. The third kappa shape index (κ3) is 4.91. The number of hydrogen-bond donors (Lipinski definition) is 1. The zero-order valence-corrected chi connectivity index (χ0v) is 11.1. The predicted molar refractivity (Wildman–Crippen MR) is 66.3 cm³/mol. The summed E-state index contributed by atoms with van der Waals surface area (Å²) in [6.07, 6.45) is 1.62. The van der Waals surface area contributed by atoms with Gasteiger partial charge in [0.1, 0.15) is 6.54 Å². The molecule has 1 N–H and O–H groups in total. The van der Waals surface area contributed by atoms with Gasteiger partial charge >= 0.3 is 12.0 Å². The van der Waals surface area contributed by atoms with Gasteiger partial charge in [-0.3, -0.25) is 4.79 Å². The third-order valence-electron chi connectivity index (χ3n) is 2.66. The lowest BCUT2D eigenvalue weighted by Crippen LogP contribution is -2.47. The van der Waals surface area contributed by atoms with E-state index in [-0.39, 0.29) is 24.6 Å². The van der Waals surface area contributed by atoms with E-state index in [1.807, 2.05) is 6.92 Å². The molecule has 1 saturated heterocycles. The lowest BCUT2D eigenvalue weighted by molar-refractivity contribution is -0.143. The molecule has 0 aliphatic carbocycles. The van der Waals surface area contributed by atoms with E-state index in [2.05, 4.69) is 5.32 Å². The van der Waals surface area contributed by atoms with Crippen LogP contribution in [-0.2, 0) is 14.3 Å². The van der Waals surface area contributed by atoms with Crippen LogP contribution in [0.15, 0.2) is 0 Å². The zero-order valence-electron chi connectivity index (χ0n) is 11.1. The van der Waals surface area contributed by atoms with E-state index in [0.29, 0.717) is 26.4 Å². The van der Waals surface area contributed by atoms with Gasteiger partial charge in [0.25, 0.3) is 0 Å². The SMILES string of the molecule is CCCN(CC(=O)OCC)C(=O)NC1CCOC1. The average molecular weight is 258 g/mol. The molecule has 0 spiro atoms. The number of amides is 2. The fourth-order valence-electron chi connectivity index (χ4n) is 1.80. The molecule has 0 radical (unpaired) electrons. The molecule has 1 atom stereocenters. The Morgan fingerprint density at radius 1 is 1.44 bits per heavy atom. The number of carbonyl (C=O) groups is 2. The van der Waals surface area contributed by atoms with Crippen molar-refractivity contribution in [1.29, 1.82) is 0 Å². The van der Waals surface area contributed by atoms with E-state index in [1.165, 1.54) is 4.90 Å². The quantitative estimate of drug-likeness (QED) is 0.714. The Morgan fingerprint density at radius 3 is 2.78 bits per heavy atom. The molecule has 1 unspecified atom stereocenters. The number of urea groups is 1. The van der Waals surface area contributed by atoms with E-state index in [1.54, 1.807) is 6.92 Å². The standard InChI is InChI=1S/C12H22N2O4/c1-3-6-14(8-11(15)18-4-2)12(16)13-10-5-7-17-9-10/h10H,3-9H2,1-2H3,(H,13,16). The van der Waals surface area contributed by atoms with Crippen molar-refractivity contribution in [2.75, 3.05) is 32.9 Å². The molecule has 0 aromatic carbocycles. The second kappa shape index (κ2) is 7.92. The fourth-order valence-corrected chi connectivity index (χ4v) is 1.80. The van der Waals surface area contributed by atoms with Gasteiger partial charge in [-0.2, -0.15) is 0 Å². The molecular weight excluding hydrogens is 236 g/mol. The van der Waals surface area contributed by atoms with Crippen LogP contribution in [0.3, 0.4) is 0 Å². The summed E-state index contributed by atoms with van der Waals surface area (Å²) in [6.45, 7) is 5.81. The third-order valence-corrected chi connectivity index (χ3v) is 2.66. The molecule has 6 heteroatoms. The van der Waals surface area contributed by atoms with Crippen molar-refractivity contribution in [2.24, 2.45) is 0 Å². The average Bonchev–Trinajstić information content (AvgIpc) is 2.81. The van der Waals surface area contributed by atoms with E-state index in [0.717, 1.165) is 12.8 Å². The van der Waals surface area contributed by atoms with Crippen molar-refractivity contribution in [1.82, 2.24) is 10.2 Å². The van der Waals surface area contributed by atoms with Crippen molar-refractivity contribution in [3.8, 4) is 0 Å². The van der Waals surface area contributed by atoms with Gasteiger partial charge in [-0.1, -0.05) is 6.92 Å². The normalized spacial score (nSPS) is 18.4. The molecule has 104 valence electrons. The van der Waals surface area contributed by atoms with Crippen LogP contribution in [0.25, 0.3) is 0 Å². The number of nitrogens with one attached hydrogen (secondary N) is 1. The Kier molecular flexibility index (Phi) is 6.49. The summed E-state index contributed by atoms with van der Waals surface area (Å²) in [5.74, 6) is -0.372. The van der Waals surface area contributed by atoms with Gasteiger partial charge in [0, 0.05) is 13.2 Å². The molecule has 6 nitrogen and oxygen atoms in total. The summed E-state index contributed by atoms with van der Waals surface area (Å²) >= 11 is 0. The Morgan fingerprint density at radius 2 is 2.22 bits per heavy atom. The van der Waals surface area contributed by atoms with Crippen LogP contribution in [0.5, 0.6) is 0 Å². The lowest BCUT2D eigenvalue weighted by Gasteiger charge is -2.23. The van der Waals surface area contributed by atoms with E-state index < -0.39 is 0 Å². The summed E-state index contributed by atoms with van der Waals surface area (Å²) in [5.41, 5.74) is 0. The number of hydrogen-bond acceptors (Lipinski definition) is 4. The first kappa shape index (κ1) is 14.8. The molecule has 1 fully saturated rings. The minimum absolute atomic E-state index is 0.00108. The van der Waals surface area contributed by atoms with Gasteiger partial charge in [-0.05, 0) is 19.8 Å². The molecule has 1 rings (SSSR count). The first-order valence-corrected chi connectivity index (χ1v) is 6.46. The van der Waals surface area contributed by atoms with Crippen LogP contribution in [0.4, 0.5) is 4.79 Å². The second-order valence-electron chi connectivity index (χ2n) is 4.24. The molecule has 0 aromatic heterocycles. The number of ether oxygens (including phenoxy) is 2.